The molecule has 0 rings (SSSR count). The van der Waals surface area contributed by atoms with E-state index in [-0.39, 0.29) is 35.3 Å². The molecule has 0 aliphatic rings. The van der Waals surface area contributed by atoms with E-state index >= 15 is 0 Å². The standard InChI is InChI=1S/C4H5O.Na.H/c1-3-4(2)5;;/h3H,1-2H2;;. The zero-order valence-electron chi connectivity index (χ0n) is 2.90. The van der Waals surface area contributed by atoms with E-state index in [4.69, 9.17) is 0 Å². The van der Waals surface area contributed by atoms with Crippen LogP contribution >= 0.6 is 0 Å². The van der Waals surface area contributed by atoms with Crippen LogP contribution in [0.15, 0.2) is 12.7 Å². The van der Waals surface area contributed by atoms with Gasteiger partial charge in [0.1, 0.15) is 0 Å². The van der Waals surface area contributed by atoms with Crippen molar-refractivity contribution in [1.29, 1.82) is 0 Å². The molecule has 1 radical (unpaired) electrons. The van der Waals surface area contributed by atoms with E-state index in [1.807, 2.05) is 0 Å². The first kappa shape index (κ1) is 9.65. The predicted molar refractivity (Wildman–Crippen MR) is 27.7 cm³/mol. The molecule has 0 aliphatic carbocycles. The number of rotatable bonds is 1. The van der Waals surface area contributed by atoms with Gasteiger partial charge in [-0.2, -0.15) is 0 Å². The number of allylic oxidation sites excluding steroid dienone is 1. The van der Waals surface area contributed by atoms with E-state index in [0.717, 1.165) is 0 Å². The number of hydrogen-bond donors (Lipinski definition) is 0. The molecule has 0 atom stereocenters. The summed E-state index contributed by atoms with van der Waals surface area (Å²) < 4.78 is 0. The predicted octanol–water partition coefficient (Wildman–Crippen LogP) is -0.0729. The molecule has 0 aromatic heterocycles. The maximum absolute atomic E-state index is 9.58. The van der Waals surface area contributed by atoms with Crippen molar-refractivity contribution < 1.29 is 4.79 Å². The average Bonchev–Trinajstić information content (AvgIpc) is 1.38. The molecule has 0 saturated heterocycles. The van der Waals surface area contributed by atoms with Gasteiger partial charge in [0.05, 0.1) is 0 Å². The second-order valence-corrected chi connectivity index (χ2v) is 0.670. The van der Waals surface area contributed by atoms with Crippen molar-refractivity contribution >= 4 is 35.3 Å². The van der Waals surface area contributed by atoms with Gasteiger partial charge in [0.25, 0.3) is 0 Å². The first-order valence-electron chi connectivity index (χ1n) is 1.25. The molecule has 0 aromatic carbocycles. The van der Waals surface area contributed by atoms with Gasteiger partial charge in [-0.1, -0.05) is 6.58 Å². The molecule has 0 aliphatic heterocycles. The summed E-state index contributed by atoms with van der Waals surface area (Å²) in [6.45, 7) is 6.15. The second-order valence-electron chi connectivity index (χ2n) is 0.670. The molecule has 0 amide bonds. The van der Waals surface area contributed by atoms with Crippen molar-refractivity contribution in [3.05, 3.63) is 19.6 Å². The summed E-state index contributed by atoms with van der Waals surface area (Å²) in [4.78, 5) is 9.58. The van der Waals surface area contributed by atoms with Crippen LogP contribution in [0.1, 0.15) is 0 Å². The van der Waals surface area contributed by atoms with Gasteiger partial charge in [0.15, 0.2) is 5.78 Å². The van der Waals surface area contributed by atoms with Crippen LogP contribution in [0.2, 0.25) is 0 Å². The average molecular weight is 93.1 g/mol. The van der Waals surface area contributed by atoms with Crippen LogP contribution < -0.4 is 0 Å². The van der Waals surface area contributed by atoms with Gasteiger partial charge in [-0.25, -0.2) is 0 Å². The summed E-state index contributed by atoms with van der Waals surface area (Å²) in [5.41, 5.74) is 0. The van der Waals surface area contributed by atoms with Crippen LogP contribution in [-0.4, -0.2) is 35.3 Å². The van der Waals surface area contributed by atoms with Crippen LogP contribution in [0.4, 0.5) is 0 Å². The third kappa shape index (κ3) is 8.83. The van der Waals surface area contributed by atoms with Gasteiger partial charge in [-0.3, -0.25) is 4.79 Å². The summed E-state index contributed by atoms with van der Waals surface area (Å²) in [6, 6.07) is 0. The first-order chi connectivity index (χ1) is 2.27. The zero-order valence-corrected chi connectivity index (χ0v) is 2.90. The molecule has 0 fully saturated rings. The minimum atomic E-state index is -0.231. The number of ketones is 1. The number of carbonyl (C=O) groups excluding carboxylic acids is 1. The molecule has 0 saturated carbocycles. The summed E-state index contributed by atoms with van der Waals surface area (Å²) in [6.07, 6.45) is 1.17. The number of carbonyl (C=O) groups is 1. The van der Waals surface area contributed by atoms with Crippen molar-refractivity contribution in [2.75, 3.05) is 0 Å². The Hall–Kier alpha value is 0.410. The quantitative estimate of drug-likeness (QED) is 0.327. The summed E-state index contributed by atoms with van der Waals surface area (Å²) in [5.74, 6) is -0.231. The van der Waals surface area contributed by atoms with E-state index < -0.39 is 0 Å². The van der Waals surface area contributed by atoms with Crippen molar-refractivity contribution in [2.45, 2.75) is 0 Å². The van der Waals surface area contributed by atoms with Crippen LogP contribution in [0.5, 0.6) is 0 Å². The van der Waals surface area contributed by atoms with Crippen LogP contribution in [0.25, 0.3) is 0 Å². The molecule has 1 nitrogen and oxygen atoms in total. The van der Waals surface area contributed by atoms with Gasteiger partial charge in [-0.05, 0) is 6.08 Å². The van der Waals surface area contributed by atoms with Crippen molar-refractivity contribution in [3.63, 3.8) is 0 Å². The Morgan fingerprint density at radius 1 is 1.67 bits per heavy atom. The Bertz CT molecular complexity index is 58.6. The molecule has 0 spiro atoms. The second kappa shape index (κ2) is 5.41. The molecular formula is C4H6NaO. The summed E-state index contributed by atoms with van der Waals surface area (Å²) in [5, 5.41) is 0. The Morgan fingerprint density at radius 3 is 1.83 bits per heavy atom. The Labute approximate surface area is 59.7 Å². The number of hydrogen-bond acceptors (Lipinski definition) is 1. The normalized spacial score (nSPS) is 5.50. The maximum atomic E-state index is 9.58. The molecule has 0 aromatic rings. The Balaban J connectivity index is 0. The third-order valence-electron chi connectivity index (χ3n) is 0.228. The van der Waals surface area contributed by atoms with E-state index in [1.54, 1.807) is 0 Å². The zero-order chi connectivity index (χ0) is 4.28. The van der Waals surface area contributed by atoms with Gasteiger partial charge in [-0.15, -0.1) is 0 Å². The topological polar surface area (TPSA) is 17.1 Å². The van der Waals surface area contributed by atoms with Crippen LogP contribution in [0, 0.1) is 6.92 Å². The molecule has 0 heterocycles. The van der Waals surface area contributed by atoms with E-state index in [9.17, 15) is 4.79 Å². The van der Waals surface area contributed by atoms with E-state index in [1.165, 1.54) is 6.08 Å². The fourth-order valence-electron chi connectivity index (χ4n) is 0. The summed E-state index contributed by atoms with van der Waals surface area (Å²) >= 11 is 0. The first-order valence-corrected chi connectivity index (χ1v) is 1.25. The van der Waals surface area contributed by atoms with Crippen LogP contribution in [0.3, 0.4) is 0 Å². The molecule has 2 heteroatoms. The molecule has 6 heavy (non-hydrogen) atoms. The van der Waals surface area contributed by atoms with E-state index in [0.29, 0.717) is 0 Å². The minimum absolute atomic E-state index is 0. The monoisotopic (exact) mass is 93.0 g/mol. The Morgan fingerprint density at radius 2 is 1.83 bits per heavy atom. The molecule has 29 valence electrons. The van der Waals surface area contributed by atoms with Gasteiger partial charge >= 0.3 is 29.6 Å². The molecule has 0 N–H and O–H groups in total. The molecular weight excluding hydrogens is 87.0 g/mol. The fourth-order valence-corrected chi connectivity index (χ4v) is 0. The molecule has 0 bridgehead atoms. The van der Waals surface area contributed by atoms with Crippen molar-refractivity contribution in [2.24, 2.45) is 0 Å². The Kier molecular flexibility index (Phi) is 8.70. The fraction of sp³-hybridized carbons (Fsp3) is 0. The van der Waals surface area contributed by atoms with Crippen LogP contribution in [-0.2, 0) is 4.79 Å². The molecule has 0 unspecified atom stereocenters. The van der Waals surface area contributed by atoms with Gasteiger partial charge in [0.2, 0.25) is 0 Å². The van der Waals surface area contributed by atoms with Gasteiger partial charge in [0, 0.05) is 6.92 Å². The van der Waals surface area contributed by atoms with E-state index in [2.05, 4.69) is 13.5 Å². The van der Waals surface area contributed by atoms with Crippen molar-refractivity contribution in [3.8, 4) is 0 Å². The summed E-state index contributed by atoms with van der Waals surface area (Å²) in [7, 11) is 0. The van der Waals surface area contributed by atoms with Crippen molar-refractivity contribution in [1.82, 2.24) is 0 Å². The third-order valence-corrected chi connectivity index (χ3v) is 0.228. The SMILES string of the molecule is [CH2]C(=O)C=C.[NaH]. The van der Waals surface area contributed by atoms with Gasteiger partial charge < -0.3 is 0 Å².